The van der Waals surface area contributed by atoms with Crippen molar-refractivity contribution in [2.75, 3.05) is 6.61 Å². The zero-order valence-corrected chi connectivity index (χ0v) is 21.9. The first-order valence-electron chi connectivity index (χ1n) is 11.7. The Morgan fingerprint density at radius 3 is 1.81 bits per heavy atom. The van der Waals surface area contributed by atoms with Crippen LogP contribution in [0.15, 0.2) is 60.7 Å². The van der Waals surface area contributed by atoms with E-state index in [-0.39, 0.29) is 22.8 Å². The molecule has 0 bridgehead atoms. The van der Waals surface area contributed by atoms with Crippen LogP contribution >= 0.6 is 0 Å². The van der Waals surface area contributed by atoms with Crippen LogP contribution in [0.25, 0.3) is 0 Å². The predicted molar refractivity (Wildman–Crippen MR) is 136 cm³/mol. The summed E-state index contributed by atoms with van der Waals surface area (Å²) in [6, 6.07) is 21.4. The molecule has 2 rings (SSSR count). The molecule has 5 heteroatoms. The maximum absolute atomic E-state index is 12.2. The van der Waals surface area contributed by atoms with E-state index in [0.29, 0.717) is 6.61 Å². The Balaban J connectivity index is 2.15. The summed E-state index contributed by atoms with van der Waals surface area (Å²) in [5, 5.41) is 5.40. The van der Waals surface area contributed by atoms with Crippen LogP contribution in [0.4, 0.5) is 4.79 Å². The maximum Gasteiger partial charge on any atom is 0.407 e. The van der Waals surface area contributed by atoms with Crippen molar-refractivity contribution < 1.29 is 14.0 Å². The minimum Gasteiger partial charge on any atom is -0.446 e. The molecule has 0 aliphatic heterocycles. The van der Waals surface area contributed by atoms with Crippen molar-refractivity contribution in [2.45, 2.75) is 84.4 Å². The fourth-order valence-corrected chi connectivity index (χ4v) is 8.74. The molecule has 0 saturated carbocycles. The summed E-state index contributed by atoms with van der Waals surface area (Å²) in [5.41, 5.74) is -0.304. The van der Waals surface area contributed by atoms with Gasteiger partial charge in [-0.1, -0.05) is 88.4 Å². The summed E-state index contributed by atoms with van der Waals surface area (Å²) >= 11 is 0. The zero-order chi connectivity index (χ0) is 23.8. The van der Waals surface area contributed by atoms with Gasteiger partial charge >= 0.3 is 6.09 Å². The third kappa shape index (κ3) is 6.94. The van der Waals surface area contributed by atoms with Crippen LogP contribution in [-0.2, 0) is 9.16 Å². The summed E-state index contributed by atoms with van der Waals surface area (Å²) in [5.74, 6) is 0. The Bertz CT molecular complexity index is 786. The second-order valence-electron chi connectivity index (χ2n) is 10.5. The smallest absolute Gasteiger partial charge is 0.407 e. The third-order valence-corrected chi connectivity index (χ3v) is 10.7. The molecule has 1 atom stereocenters. The highest BCUT2D eigenvalue weighted by Crippen LogP contribution is 2.36. The van der Waals surface area contributed by atoms with Crippen molar-refractivity contribution in [3.63, 3.8) is 0 Å². The molecule has 1 amide bonds. The first-order chi connectivity index (χ1) is 15.0. The monoisotopic (exact) mass is 455 g/mol. The first kappa shape index (κ1) is 26.1. The fourth-order valence-electron chi connectivity index (χ4n) is 4.13. The average molecular weight is 456 g/mol. The maximum atomic E-state index is 12.2. The van der Waals surface area contributed by atoms with Gasteiger partial charge < -0.3 is 14.5 Å². The van der Waals surface area contributed by atoms with E-state index in [1.807, 2.05) is 20.8 Å². The van der Waals surface area contributed by atoms with Crippen molar-refractivity contribution in [2.24, 2.45) is 0 Å². The second-order valence-corrected chi connectivity index (χ2v) is 14.8. The van der Waals surface area contributed by atoms with E-state index >= 15 is 0 Å². The second kappa shape index (κ2) is 11.1. The topological polar surface area (TPSA) is 47.6 Å². The highest BCUT2D eigenvalue weighted by atomic mass is 28.4. The quantitative estimate of drug-likeness (QED) is 0.393. The van der Waals surface area contributed by atoms with Crippen LogP contribution < -0.4 is 15.7 Å². The lowest BCUT2D eigenvalue weighted by Crippen LogP contribution is -2.66. The SMILES string of the molecule is CCC(CCCO[Si](c1ccccc1)(c1ccccc1)C(C)(C)C)OC(=O)NC(C)(C)C. The number of carbonyl (C=O) groups is 1. The molecule has 1 N–H and O–H groups in total. The molecule has 0 radical (unpaired) electrons. The molecule has 0 fully saturated rings. The van der Waals surface area contributed by atoms with Gasteiger partial charge in [-0.25, -0.2) is 4.79 Å². The Morgan fingerprint density at radius 1 is 0.906 bits per heavy atom. The molecule has 0 spiro atoms. The van der Waals surface area contributed by atoms with Crippen LogP contribution in [0, 0.1) is 0 Å². The molecule has 0 aromatic heterocycles. The van der Waals surface area contributed by atoms with Gasteiger partial charge in [-0.3, -0.25) is 0 Å². The normalized spacial score (nSPS) is 13.5. The van der Waals surface area contributed by atoms with Crippen LogP contribution in [0.1, 0.15) is 67.7 Å². The van der Waals surface area contributed by atoms with Gasteiger partial charge in [0.2, 0.25) is 0 Å². The van der Waals surface area contributed by atoms with Crippen molar-refractivity contribution in [1.82, 2.24) is 5.32 Å². The van der Waals surface area contributed by atoms with Gasteiger partial charge in [0.05, 0.1) is 0 Å². The van der Waals surface area contributed by atoms with E-state index in [4.69, 9.17) is 9.16 Å². The highest BCUT2D eigenvalue weighted by molar-refractivity contribution is 6.99. The van der Waals surface area contributed by atoms with Gasteiger partial charge in [0.15, 0.2) is 0 Å². The van der Waals surface area contributed by atoms with Crippen molar-refractivity contribution in [1.29, 1.82) is 0 Å². The number of benzene rings is 2. The predicted octanol–water partition coefficient (Wildman–Crippen LogP) is 5.65. The number of nitrogens with one attached hydrogen (secondary N) is 1. The van der Waals surface area contributed by atoms with Crippen molar-refractivity contribution in [3.8, 4) is 0 Å². The van der Waals surface area contributed by atoms with Crippen LogP contribution in [0.5, 0.6) is 0 Å². The van der Waals surface area contributed by atoms with E-state index in [0.717, 1.165) is 19.3 Å². The third-order valence-electron chi connectivity index (χ3n) is 5.61. The zero-order valence-electron chi connectivity index (χ0n) is 20.9. The van der Waals surface area contributed by atoms with Crippen LogP contribution in [0.2, 0.25) is 5.04 Å². The lowest BCUT2D eigenvalue weighted by Gasteiger charge is -2.43. The number of hydrogen-bond donors (Lipinski definition) is 1. The number of alkyl carbamates (subject to hydrolysis) is 1. The number of ether oxygens (including phenoxy) is 1. The molecule has 0 heterocycles. The van der Waals surface area contributed by atoms with Gasteiger partial charge in [0, 0.05) is 12.1 Å². The summed E-state index contributed by atoms with van der Waals surface area (Å²) in [7, 11) is -2.52. The van der Waals surface area contributed by atoms with E-state index in [2.05, 4.69) is 93.7 Å². The molecule has 2 aromatic carbocycles. The Labute approximate surface area is 195 Å². The summed E-state index contributed by atoms with van der Waals surface area (Å²) in [4.78, 5) is 12.2. The fraction of sp³-hybridized carbons (Fsp3) is 0.519. The molecule has 1 unspecified atom stereocenters. The minimum atomic E-state index is -2.52. The number of amides is 1. The minimum absolute atomic E-state index is 0.0387. The Hall–Kier alpha value is -2.11. The van der Waals surface area contributed by atoms with Gasteiger partial charge in [-0.15, -0.1) is 0 Å². The summed E-state index contributed by atoms with van der Waals surface area (Å²) < 4.78 is 12.6. The van der Waals surface area contributed by atoms with E-state index in [9.17, 15) is 4.79 Å². The Morgan fingerprint density at radius 2 is 1.41 bits per heavy atom. The first-order valence-corrected chi connectivity index (χ1v) is 13.6. The van der Waals surface area contributed by atoms with Gasteiger partial charge in [0.1, 0.15) is 6.10 Å². The molecule has 4 nitrogen and oxygen atoms in total. The summed E-state index contributed by atoms with van der Waals surface area (Å²) in [6.45, 7) is 15.4. The number of hydrogen-bond acceptors (Lipinski definition) is 3. The van der Waals surface area contributed by atoms with E-state index in [1.54, 1.807) is 0 Å². The molecular weight excluding hydrogens is 414 g/mol. The lowest BCUT2D eigenvalue weighted by atomic mass is 10.1. The molecule has 0 aliphatic rings. The van der Waals surface area contributed by atoms with E-state index in [1.165, 1.54) is 10.4 Å². The molecule has 0 saturated heterocycles. The molecule has 0 aliphatic carbocycles. The molecule has 2 aromatic rings. The standard InChI is InChI=1S/C27H41NO3Si/c1-8-22(31-25(29)28-26(2,3)4)16-15-21-30-32(27(5,6)7,23-17-11-9-12-18-23)24-19-13-10-14-20-24/h9-14,17-20,22H,8,15-16,21H2,1-7H3,(H,28,29). The lowest BCUT2D eigenvalue weighted by molar-refractivity contribution is 0.0802. The van der Waals surface area contributed by atoms with Crippen molar-refractivity contribution in [3.05, 3.63) is 60.7 Å². The average Bonchev–Trinajstić information content (AvgIpc) is 2.72. The van der Waals surface area contributed by atoms with Gasteiger partial charge in [-0.05, 0) is 55.4 Å². The Kier molecular flexibility index (Phi) is 9.11. The molecule has 176 valence electrons. The van der Waals surface area contributed by atoms with Gasteiger partial charge in [0.25, 0.3) is 8.32 Å². The van der Waals surface area contributed by atoms with Gasteiger partial charge in [-0.2, -0.15) is 0 Å². The number of rotatable bonds is 9. The van der Waals surface area contributed by atoms with Crippen molar-refractivity contribution >= 4 is 24.8 Å². The summed E-state index contributed by atoms with van der Waals surface area (Å²) in [6.07, 6.45) is 1.95. The molecule has 32 heavy (non-hydrogen) atoms. The number of carbonyl (C=O) groups excluding carboxylic acids is 1. The molecular formula is C27H41NO3Si. The van der Waals surface area contributed by atoms with Crippen LogP contribution in [0.3, 0.4) is 0 Å². The highest BCUT2D eigenvalue weighted by Gasteiger charge is 2.49. The largest absolute Gasteiger partial charge is 0.446 e. The van der Waals surface area contributed by atoms with E-state index < -0.39 is 8.32 Å². The van der Waals surface area contributed by atoms with Crippen LogP contribution in [-0.4, -0.2) is 32.7 Å².